The van der Waals surface area contributed by atoms with Crippen molar-refractivity contribution in [3.63, 3.8) is 0 Å². The third-order valence-corrected chi connectivity index (χ3v) is 6.49. The summed E-state index contributed by atoms with van der Waals surface area (Å²) in [4.78, 5) is 22.7. The van der Waals surface area contributed by atoms with Crippen molar-refractivity contribution >= 4 is 50.6 Å². The molecule has 0 spiro atoms. The average Bonchev–Trinajstić information content (AvgIpc) is 3.03. The van der Waals surface area contributed by atoms with Gasteiger partial charge in [-0.2, -0.15) is 0 Å². The molecule has 0 saturated heterocycles. The molecule has 0 aliphatic heterocycles. The molecule has 3 aromatic rings. The lowest BCUT2D eigenvalue weighted by atomic mass is 9.97. The van der Waals surface area contributed by atoms with Crippen LogP contribution in [0.4, 0.5) is 15.9 Å². The Kier molecular flexibility index (Phi) is 5.21. The lowest BCUT2D eigenvalue weighted by Crippen LogP contribution is -2.30. The molecule has 1 N–H and O–H groups in total. The van der Waals surface area contributed by atoms with Crippen LogP contribution in [0.5, 0.6) is 0 Å². The third-order valence-electron chi connectivity index (χ3n) is 5.02. The number of aryl methyl sites for hydroxylation is 2. The minimum atomic E-state index is -1.20. The van der Waals surface area contributed by atoms with Crippen LogP contribution in [0.15, 0.2) is 18.2 Å². The van der Waals surface area contributed by atoms with Gasteiger partial charge in [0, 0.05) is 10.6 Å². The summed E-state index contributed by atoms with van der Waals surface area (Å²) >= 11 is 7.50. The molecule has 0 amide bonds. The largest absolute Gasteiger partial charge is 0.549 e. The number of carbonyl (C=O) groups excluding carboxylic acids is 1. The first-order valence-corrected chi connectivity index (χ1v) is 10.4. The van der Waals surface area contributed by atoms with E-state index in [1.165, 1.54) is 22.6 Å². The van der Waals surface area contributed by atoms with Gasteiger partial charge in [-0.05, 0) is 55.9 Å². The molecule has 8 heteroatoms. The topological polar surface area (TPSA) is 77.9 Å². The Morgan fingerprint density at radius 1 is 1.36 bits per heavy atom. The Balaban J connectivity index is 1.88. The molecule has 1 aliphatic carbocycles. The van der Waals surface area contributed by atoms with E-state index in [0.717, 1.165) is 35.9 Å². The van der Waals surface area contributed by atoms with Crippen molar-refractivity contribution < 1.29 is 14.3 Å². The first kappa shape index (κ1) is 19.1. The number of carboxylic acid groups (broad SMARTS) is 1. The molecular formula is C20H18ClFN3O2S-. The van der Waals surface area contributed by atoms with Crippen LogP contribution in [0.1, 0.15) is 48.4 Å². The van der Waals surface area contributed by atoms with Crippen molar-refractivity contribution in [2.24, 2.45) is 0 Å². The zero-order chi connectivity index (χ0) is 19.8. The van der Waals surface area contributed by atoms with Crippen LogP contribution < -0.4 is 10.4 Å². The monoisotopic (exact) mass is 418 g/mol. The molecule has 0 radical (unpaired) electrons. The number of aromatic nitrogens is 2. The van der Waals surface area contributed by atoms with E-state index in [2.05, 4.69) is 15.3 Å². The molecule has 146 valence electrons. The summed E-state index contributed by atoms with van der Waals surface area (Å²) in [5, 5.41) is 15.7. The smallest absolute Gasteiger partial charge is 0.143 e. The van der Waals surface area contributed by atoms with Crippen LogP contribution in [0.3, 0.4) is 0 Å². The number of thiophene rings is 1. The van der Waals surface area contributed by atoms with Crippen LogP contribution in [0.25, 0.3) is 10.2 Å². The molecular weight excluding hydrogens is 401 g/mol. The number of nitrogens with one attached hydrogen (secondary N) is 1. The Morgan fingerprint density at radius 2 is 2.14 bits per heavy atom. The minimum Gasteiger partial charge on any atom is -0.549 e. The zero-order valence-corrected chi connectivity index (χ0v) is 16.8. The number of aliphatic carboxylic acids is 1. The van der Waals surface area contributed by atoms with E-state index in [4.69, 9.17) is 11.6 Å². The normalized spacial score (nSPS) is 14.7. The third kappa shape index (κ3) is 3.44. The van der Waals surface area contributed by atoms with Crippen molar-refractivity contribution in [1.29, 1.82) is 0 Å². The number of hydrogen-bond donors (Lipinski definition) is 1. The van der Waals surface area contributed by atoms with Crippen LogP contribution in [0, 0.1) is 5.82 Å². The summed E-state index contributed by atoms with van der Waals surface area (Å²) in [6.07, 6.45) is 4.49. The molecule has 1 aromatic carbocycles. The highest BCUT2D eigenvalue weighted by molar-refractivity contribution is 7.19. The maximum Gasteiger partial charge on any atom is 0.143 e. The molecule has 0 bridgehead atoms. The first-order valence-electron chi connectivity index (χ1n) is 9.23. The molecule has 2 aromatic heterocycles. The van der Waals surface area contributed by atoms with Crippen LogP contribution in [0.2, 0.25) is 5.02 Å². The number of anilines is 2. The van der Waals surface area contributed by atoms with Crippen molar-refractivity contribution in [3.8, 4) is 0 Å². The lowest BCUT2D eigenvalue weighted by molar-refractivity contribution is -0.308. The van der Waals surface area contributed by atoms with Crippen LogP contribution >= 0.6 is 22.9 Å². The molecule has 1 aliphatic rings. The molecule has 5 nitrogen and oxygen atoms in total. The SMILES string of the molecule is CCC(C(=O)[O-])c1nc(Nc2ccc(F)c(Cl)c2)c2c3c(sc2n1)CCCC3. The molecule has 28 heavy (non-hydrogen) atoms. The second-order valence-corrected chi connectivity index (χ2v) is 8.35. The van der Waals surface area contributed by atoms with Crippen molar-refractivity contribution in [1.82, 2.24) is 9.97 Å². The second-order valence-electron chi connectivity index (χ2n) is 6.86. The molecule has 2 heterocycles. The fourth-order valence-corrected chi connectivity index (χ4v) is 5.03. The minimum absolute atomic E-state index is 0.00374. The molecule has 1 atom stereocenters. The quantitative estimate of drug-likeness (QED) is 0.666. The van der Waals surface area contributed by atoms with E-state index in [1.807, 2.05) is 0 Å². The second kappa shape index (κ2) is 7.64. The fraction of sp³-hybridized carbons (Fsp3) is 0.350. The van der Waals surface area contributed by atoms with E-state index in [-0.39, 0.29) is 10.8 Å². The van der Waals surface area contributed by atoms with Gasteiger partial charge in [0.2, 0.25) is 0 Å². The highest BCUT2D eigenvalue weighted by Gasteiger charge is 2.24. The number of rotatable bonds is 5. The van der Waals surface area contributed by atoms with Gasteiger partial charge in [-0.1, -0.05) is 18.5 Å². The number of benzene rings is 1. The summed E-state index contributed by atoms with van der Waals surface area (Å²) in [7, 11) is 0. The lowest BCUT2D eigenvalue weighted by Gasteiger charge is -2.17. The van der Waals surface area contributed by atoms with E-state index < -0.39 is 17.7 Å². The maximum atomic E-state index is 13.5. The van der Waals surface area contributed by atoms with Gasteiger partial charge in [0.25, 0.3) is 0 Å². The number of carboxylic acids is 1. The number of fused-ring (bicyclic) bond motifs is 3. The summed E-state index contributed by atoms with van der Waals surface area (Å²) in [5.74, 6) is -1.83. The Labute approximate surface area is 170 Å². The van der Waals surface area contributed by atoms with Gasteiger partial charge in [-0.25, -0.2) is 14.4 Å². The first-order chi connectivity index (χ1) is 13.5. The van der Waals surface area contributed by atoms with Gasteiger partial charge in [-0.3, -0.25) is 0 Å². The summed E-state index contributed by atoms with van der Waals surface area (Å²) < 4.78 is 13.5. The fourth-order valence-electron chi connectivity index (χ4n) is 3.59. The van der Waals surface area contributed by atoms with Gasteiger partial charge < -0.3 is 15.2 Å². The van der Waals surface area contributed by atoms with Gasteiger partial charge in [0.05, 0.1) is 22.3 Å². The molecule has 0 saturated carbocycles. The van der Waals surface area contributed by atoms with Gasteiger partial charge >= 0.3 is 0 Å². The summed E-state index contributed by atoms with van der Waals surface area (Å²) in [6, 6.07) is 4.34. The van der Waals surface area contributed by atoms with E-state index >= 15 is 0 Å². The molecule has 4 rings (SSSR count). The highest BCUT2D eigenvalue weighted by atomic mass is 35.5. The Hall–Kier alpha value is -2.25. The number of nitrogens with zero attached hydrogens (tertiary/aromatic N) is 2. The average molecular weight is 419 g/mol. The van der Waals surface area contributed by atoms with E-state index in [9.17, 15) is 14.3 Å². The van der Waals surface area contributed by atoms with Gasteiger partial charge in [0.15, 0.2) is 0 Å². The number of carbonyl (C=O) groups is 1. The van der Waals surface area contributed by atoms with Crippen molar-refractivity contribution in [2.45, 2.75) is 44.9 Å². The van der Waals surface area contributed by atoms with E-state index in [1.54, 1.807) is 24.3 Å². The standard InChI is InChI=1S/C20H19ClFN3O2S/c1-2-11(20(26)27)17-24-18(23-10-7-8-14(22)13(21)9-10)16-12-5-3-4-6-15(12)28-19(16)25-17/h7-9,11H,2-6H2,1H3,(H,26,27)(H,23,24,25)/p-1. The van der Waals surface area contributed by atoms with Crippen LogP contribution in [-0.4, -0.2) is 15.9 Å². The van der Waals surface area contributed by atoms with Crippen molar-refractivity contribution in [3.05, 3.63) is 45.3 Å². The van der Waals surface area contributed by atoms with E-state index in [0.29, 0.717) is 17.9 Å². The number of hydrogen-bond acceptors (Lipinski definition) is 6. The van der Waals surface area contributed by atoms with Gasteiger partial charge in [0.1, 0.15) is 22.3 Å². The molecule has 0 fully saturated rings. The summed E-state index contributed by atoms with van der Waals surface area (Å²) in [5.41, 5.74) is 1.80. The van der Waals surface area contributed by atoms with Crippen molar-refractivity contribution in [2.75, 3.05) is 5.32 Å². The maximum absolute atomic E-state index is 13.5. The van der Waals surface area contributed by atoms with Crippen LogP contribution in [-0.2, 0) is 17.6 Å². The molecule has 1 unspecified atom stereocenters. The summed E-state index contributed by atoms with van der Waals surface area (Å²) in [6.45, 7) is 1.76. The highest BCUT2D eigenvalue weighted by Crippen LogP contribution is 2.40. The predicted molar refractivity (Wildman–Crippen MR) is 107 cm³/mol. The van der Waals surface area contributed by atoms with Gasteiger partial charge in [-0.15, -0.1) is 11.3 Å². The zero-order valence-electron chi connectivity index (χ0n) is 15.2. The Bertz CT molecular complexity index is 1070. The Morgan fingerprint density at radius 3 is 2.86 bits per heavy atom. The number of halogens is 2. The predicted octanol–water partition coefficient (Wildman–Crippen LogP) is 4.35.